The number of rotatable bonds is 3. The fourth-order valence-corrected chi connectivity index (χ4v) is 4.00. The van der Waals surface area contributed by atoms with Gasteiger partial charge in [-0.25, -0.2) is 10.0 Å². The molecule has 1 rings (SSSR count). The van der Waals surface area contributed by atoms with Gasteiger partial charge in [0.15, 0.2) is 0 Å². The normalized spacial score (nSPS) is 35.0. The van der Waals surface area contributed by atoms with Crippen LogP contribution in [0.5, 0.6) is 0 Å². The van der Waals surface area contributed by atoms with Crippen LogP contribution < -0.4 is 5.73 Å². The van der Waals surface area contributed by atoms with Crippen molar-refractivity contribution in [2.45, 2.75) is 18.6 Å². The van der Waals surface area contributed by atoms with Crippen LogP contribution in [0.3, 0.4) is 0 Å². The van der Waals surface area contributed by atoms with Gasteiger partial charge in [-0.2, -0.15) is 0 Å². The summed E-state index contributed by atoms with van der Waals surface area (Å²) in [6.45, 7) is 3.12. The topological polar surface area (TPSA) is 26.0 Å². The Morgan fingerprint density at radius 2 is 2.10 bits per heavy atom. The molecule has 0 spiro atoms. The molecule has 10 heavy (non-hydrogen) atoms. The van der Waals surface area contributed by atoms with Gasteiger partial charge in [0.2, 0.25) is 0 Å². The molecule has 0 aromatic heterocycles. The molecule has 1 nitrogen and oxygen atoms in total. The molecule has 2 N–H and O–H groups in total. The van der Waals surface area contributed by atoms with Crippen LogP contribution in [-0.2, 0) is 0 Å². The van der Waals surface area contributed by atoms with Gasteiger partial charge in [0, 0.05) is 0 Å². The van der Waals surface area contributed by atoms with E-state index in [1.807, 2.05) is 0 Å². The Morgan fingerprint density at radius 3 is 2.40 bits per heavy atom. The molecule has 0 aromatic rings. The third-order valence-electron chi connectivity index (χ3n) is 2.47. The molecule has 1 heterocycles. The van der Waals surface area contributed by atoms with Crippen LogP contribution in [0.15, 0.2) is 0 Å². The summed E-state index contributed by atoms with van der Waals surface area (Å²) in [4.78, 5) is 0. The van der Waals surface area contributed by atoms with Gasteiger partial charge in [-0.15, -0.1) is 0 Å². The van der Waals surface area contributed by atoms with Crippen molar-refractivity contribution in [1.29, 1.82) is 0 Å². The Bertz CT molecular complexity index is 122. The Kier molecular flexibility index (Phi) is 2.31. The molecule has 2 unspecified atom stereocenters. The first-order chi connectivity index (χ1) is 4.56. The fourth-order valence-electron chi connectivity index (χ4n) is 1.31. The van der Waals surface area contributed by atoms with Crippen LogP contribution in [0.1, 0.15) is 13.3 Å². The highest BCUT2D eigenvalue weighted by Crippen LogP contribution is 2.64. The van der Waals surface area contributed by atoms with E-state index in [1.54, 1.807) is 0 Å². The van der Waals surface area contributed by atoms with E-state index < -0.39 is 0 Å². The second kappa shape index (κ2) is 2.74. The Morgan fingerprint density at radius 1 is 1.60 bits per heavy atom. The van der Waals surface area contributed by atoms with Crippen molar-refractivity contribution in [2.75, 3.05) is 24.8 Å². The van der Waals surface area contributed by atoms with E-state index in [1.165, 1.54) is 12.2 Å². The van der Waals surface area contributed by atoms with Crippen molar-refractivity contribution >= 4 is 10.0 Å². The first kappa shape index (κ1) is 8.41. The summed E-state index contributed by atoms with van der Waals surface area (Å²) >= 11 is 0. The maximum Gasteiger partial charge on any atom is -0.00371 e. The summed E-state index contributed by atoms with van der Waals surface area (Å²) < 4.78 is 0. The lowest BCUT2D eigenvalue weighted by Crippen LogP contribution is -2.12. The highest BCUT2D eigenvalue weighted by atomic mass is 32.3. The Labute approximate surface area is 65.7 Å². The number of nitrogens with two attached hydrogens (primary N) is 1. The molecule has 2 heteroatoms. The molecule has 2 atom stereocenters. The van der Waals surface area contributed by atoms with Gasteiger partial charge in [0.05, 0.1) is 0 Å². The second-order valence-corrected chi connectivity index (χ2v) is 8.24. The zero-order valence-electron chi connectivity index (χ0n) is 7.26. The van der Waals surface area contributed by atoms with Gasteiger partial charge in [0.25, 0.3) is 0 Å². The smallest absolute Gasteiger partial charge is 0.00371 e. The van der Waals surface area contributed by atoms with Crippen LogP contribution in [0, 0.1) is 5.92 Å². The van der Waals surface area contributed by atoms with Crippen molar-refractivity contribution < 1.29 is 0 Å². The van der Waals surface area contributed by atoms with E-state index in [-0.39, 0.29) is 10.0 Å². The molecular formula is C8H19NS. The highest BCUT2D eigenvalue weighted by Gasteiger charge is 2.40. The quantitative estimate of drug-likeness (QED) is 0.622. The van der Waals surface area contributed by atoms with Crippen molar-refractivity contribution in [3.8, 4) is 0 Å². The standard InChI is InChI=1S/C8H19NS/c1-7(5-9)4-8-6-10(8,2)3/h7-8H,4-6,9H2,1-3H3. The van der Waals surface area contributed by atoms with E-state index in [0.717, 1.165) is 17.7 Å². The van der Waals surface area contributed by atoms with Gasteiger partial charge >= 0.3 is 0 Å². The molecule has 0 aliphatic carbocycles. The molecule has 62 valence electrons. The van der Waals surface area contributed by atoms with E-state index in [2.05, 4.69) is 19.4 Å². The van der Waals surface area contributed by atoms with Crippen molar-refractivity contribution in [2.24, 2.45) is 11.7 Å². The average Bonchev–Trinajstić information content (AvgIpc) is 2.40. The predicted octanol–water partition coefficient (Wildman–Crippen LogP) is 1.42. The van der Waals surface area contributed by atoms with Gasteiger partial charge < -0.3 is 5.73 Å². The summed E-state index contributed by atoms with van der Waals surface area (Å²) in [5.74, 6) is 2.25. The molecule has 1 aliphatic heterocycles. The zero-order valence-corrected chi connectivity index (χ0v) is 8.08. The minimum absolute atomic E-state index is 0.118. The summed E-state index contributed by atoms with van der Waals surface area (Å²) in [6, 6.07) is 0. The molecule has 0 bridgehead atoms. The highest BCUT2D eigenvalue weighted by molar-refractivity contribution is 8.39. The summed E-state index contributed by atoms with van der Waals surface area (Å²) in [5, 5.41) is 1.05. The second-order valence-electron chi connectivity index (χ2n) is 3.99. The summed E-state index contributed by atoms with van der Waals surface area (Å²) in [6.07, 6.45) is 6.24. The van der Waals surface area contributed by atoms with E-state index in [0.29, 0.717) is 0 Å². The largest absolute Gasteiger partial charge is 0.330 e. The third-order valence-corrected chi connectivity index (χ3v) is 5.47. The fraction of sp³-hybridized carbons (Fsp3) is 1.00. The maximum absolute atomic E-state index is 5.55. The average molecular weight is 161 g/mol. The lowest BCUT2D eigenvalue weighted by molar-refractivity contribution is 0.557. The predicted molar refractivity (Wildman–Crippen MR) is 50.9 cm³/mol. The molecule has 0 saturated carbocycles. The Balaban J connectivity index is 2.17. The zero-order chi connectivity index (χ0) is 7.78. The molecule has 0 radical (unpaired) electrons. The van der Waals surface area contributed by atoms with Gasteiger partial charge in [-0.3, -0.25) is 0 Å². The number of hydrogen-bond donors (Lipinski definition) is 1. The molecule has 1 fully saturated rings. The maximum atomic E-state index is 5.55. The molecule has 0 amide bonds. The Hall–Kier alpha value is 0.310. The van der Waals surface area contributed by atoms with Gasteiger partial charge in [-0.05, 0) is 42.4 Å². The summed E-state index contributed by atoms with van der Waals surface area (Å²) in [5.41, 5.74) is 5.55. The van der Waals surface area contributed by atoms with Crippen molar-refractivity contribution in [3.05, 3.63) is 0 Å². The van der Waals surface area contributed by atoms with Gasteiger partial charge in [-0.1, -0.05) is 6.92 Å². The van der Waals surface area contributed by atoms with E-state index in [4.69, 9.17) is 5.73 Å². The molecule has 0 aromatic carbocycles. The first-order valence-electron chi connectivity index (χ1n) is 3.96. The molecule has 1 aliphatic rings. The van der Waals surface area contributed by atoms with Gasteiger partial charge in [0.1, 0.15) is 0 Å². The lowest BCUT2D eigenvalue weighted by atomic mass is 10.1. The first-order valence-corrected chi connectivity index (χ1v) is 6.64. The lowest BCUT2D eigenvalue weighted by Gasteiger charge is -2.11. The van der Waals surface area contributed by atoms with Crippen LogP contribution >= 0.6 is 10.0 Å². The molecular weight excluding hydrogens is 142 g/mol. The van der Waals surface area contributed by atoms with Crippen molar-refractivity contribution in [1.82, 2.24) is 0 Å². The monoisotopic (exact) mass is 161 g/mol. The van der Waals surface area contributed by atoms with Crippen LogP contribution in [-0.4, -0.2) is 30.1 Å². The van der Waals surface area contributed by atoms with E-state index >= 15 is 0 Å². The minimum atomic E-state index is -0.118. The van der Waals surface area contributed by atoms with Crippen molar-refractivity contribution in [3.63, 3.8) is 0 Å². The summed E-state index contributed by atoms with van der Waals surface area (Å²) in [7, 11) is -0.118. The third kappa shape index (κ3) is 1.89. The minimum Gasteiger partial charge on any atom is -0.330 e. The van der Waals surface area contributed by atoms with E-state index in [9.17, 15) is 0 Å². The van der Waals surface area contributed by atoms with Crippen LogP contribution in [0.4, 0.5) is 0 Å². The number of hydrogen-bond acceptors (Lipinski definition) is 1. The van der Waals surface area contributed by atoms with Crippen LogP contribution in [0.25, 0.3) is 0 Å². The SMILES string of the molecule is CC(CN)CC1CS1(C)C. The van der Waals surface area contributed by atoms with Crippen LogP contribution in [0.2, 0.25) is 0 Å². The molecule has 1 saturated heterocycles.